The summed E-state index contributed by atoms with van der Waals surface area (Å²) >= 11 is 0. The van der Waals surface area contributed by atoms with Gasteiger partial charge >= 0.3 is 0 Å². The maximum Gasteiger partial charge on any atom is 0.270 e. The van der Waals surface area contributed by atoms with Gasteiger partial charge in [0, 0.05) is 18.2 Å². The molecule has 2 rings (SSSR count). The zero-order chi connectivity index (χ0) is 15.8. The highest BCUT2D eigenvalue weighted by Gasteiger charge is 2.36. The quantitative estimate of drug-likeness (QED) is 0.686. The number of amides is 1. The molecule has 1 aliphatic carbocycles. The van der Waals surface area contributed by atoms with Crippen molar-refractivity contribution < 1.29 is 14.1 Å². The fraction of sp³-hybridized carbons (Fsp3) is 0.533. The number of hydrogen-bond donors (Lipinski definition) is 1. The molecular formula is C15H19FN2O3. The number of carbonyl (C=O) groups is 1. The van der Waals surface area contributed by atoms with Crippen LogP contribution in [0.2, 0.25) is 0 Å². The van der Waals surface area contributed by atoms with Crippen LogP contribution < -0.4 is 5.32 Å². The Kier molecular flexibility index (Phi) is 3.98. The summed E-state index contributed by atoms with van der Waals surface area (Å²) in [4.78, 5) is 22.5. The molecule has 1 amide bonds. The minimum absolute atomic E-state index is 0.0380. The summed E-state index contributed by atoms with van der Waals surface area (Å²) in [5.74, 6) is -1.28. The molecule has 1 N–H and O–H groups in total. The van der Waals surface area contributed by atoms with Gasteiger partial charge in [-0.3, -0.25) is 14.9 Å². The van der Waals surface area contributed by atoms with Crippen molar-refractivity contribution in [3.05, 3.63) is 39.2 Å². The van der Waals surface area contributed by atoms with Crippen LogP contribution in [0, 0.1) is 28.3 Å². The number of nitrogens with one attached hydrogen (secondary N) is 1. The van der Waals surface area contributed by atoms with Gasteiger partial charge in [0.2, 0.25) is 0 Å². The SMILES string of the molecule is Cc1cc([N+](=O)[O-])cc(C(=O)NC2CCCC2(C)C)c1F. The zero-order valence-electron chi connectivity index (χ0n) is 12.4. The average Bonchev–Trinajstić information content (AvgIpc) is 2.71. The second-order valence-electron chi connectivity index (χ2n) is 6.29. The standard InChI is InChI=1S/C15H19FN2O3/c1-9-7-10(18(20)21)8-11(13(9)16)14(19)17-12-5-4-6-15(12,2)3/h7-8,12H,4-6H2,1-3H3,(H,17,19). The van der Waals surface area contributed by atoms with E-state index in [0.29, 0.717) is 0 Å². The van der Waals surface area contributed by atoms with Crippen LogP contribution in [-0.4, -0.2) is 16.9 Å². The Morgan fingerprint density at radius 3 is 2.67 bits per heavy atom. The molecule has 1 fully saturated rings. The van der Waals surface area contributed by atoms with Crippen molar-refractivity contribution in [2.45, 2.75) is 46.1 Å². The van der Waals surface area contributed by atoms with Crippen LogP contribution in [0.15, 0.2) is 12.1 Å². The summed E-state index contributed by atoms with van der Waals surface area (Å²) < 4.78 is 14.1. The number of carbonyl (C=O) groups excluding carboxylic acids is 1. The maximum absolute atomic E-state index is 14.1. The third-order valence-electron chi connectivity index (χ3n) is 4.26. The Bertz CT molecular complexity index is 599. The van der Waals surface area contributed by atoms with Gasteiger partial charge in [-0.1, -0.05) is 20.3 Å². The van der Waals surface area contributed by atoms with Gasteiger partial charge in [-0.25, -0.2) is 4.39 Å². The summed E-state index contributed by atoms with van der Waals surface area (Å²) in [6.07, 6.45) is 2.84. The van der Waals surface area contributed by atoms with Gasteiger partial charge in [0.05, 0.1) is 10.5 Å². The molecule has 0 aliphatic heterocycles. The fourth-order valence-corrected chi connectivity index (χ4v) is 2.85. The molecular weight excluding hydrogens is 275 g/mol. The second kappa shape index (κ2) is 5.42. The number of rotatable bonds is 3. The van der Waals surface area contributed by atoms with Crippen molar-refractivity contribution in [2.24, 2.45) is 5.41 Å². The Hall–Kier alpha value is -1.98. The number of halogens is 1. The molecule has 0 radical (unpaired) electrons. The lowest BCUT2D eigenvalue weighted by molar-refractivity contribution is -0.385. The van der Waals surface area contributed by atoms with Crippen LogP contribution in [0.4, 0.5) is 10.1 Å². The number of nitro groups is 1. The van der Waals surface area contributed by atoms with Crippen LogP contribution in [0.25, 0.3) is 0 Å². The molecule has 1 unspecified atom stereocenters. The predicted molar refractivity (Wildman–Crippen MR) is 76.7 cm³/mol. The molecule has 1 aromatic carbocycles. The molecule has 0 heterocycles. The largest absolute Gasteiger partial charge is 0.349 e. The second-order valence-corrected chi connectivity index (χ2v) is 6.29. The van der Waals surface area contributed by atoms with E-state index in [9.17, 15) is 19.3 Å². The van der Waals surface area contributed by atoms with E-state index in [4.69, 9.17) is 0 Å². The normalized spacial score (nSPS) is 20.3. The molecule has 1 saturated carbocycles. The zero-order valence-corrected chi connectivity index (χ0v) is 12.4. The summed E-state index contributed by atoms with van der Waals surface area (Å²) in [6, 6.07) is 2.09. The maximum atomic E-state index is 14.1. The predicted octanol–water partition coefficient (Wildman–Crippen LogP) is 3.35. The molecule has 114 valence electrons. The first-order valence-electron chi connectivity index (χ1n) is 6.98. The van der Waals surface area contributed by atoms with E-state index in [-0.39, 0.29) is 28.3 Å². The fourth-order valence-electron chi connectivity index (χ4n) is 2.85. The molecule has 0 bridgehead atoms. The van der Waals surface area contributed by atoms with Crippen LogP contribution >= 0.6 is 0 Å². The average molecular weight is 294 g/mol. The van der Waals surface area contributed by atoms with Gasteiger partial charge in [-0.05, 0) is 30.7 Å². The summed E-state index contributed by atoms with van der Waals surface area (Å²) in [7, 11) is 0. The van der Waals surface area contributed by atoms with Gasteiger partial charge < -0.3 is 5.32 Å². The topological polar surface area (TPSA) is 72.2 Å². The first-order chi connectivity index (χ1) is 9.72. The van der Waals surface area contributed by atoms with Crippen LogP contribution in [0.1, 0.15) is 49.0 Å². The minimum Gasteiger partial charge on any atom is -0.349 e. The first-order valence-corrected chi connectivity index (χ1v) is 6.98. The van der Waals surface area contributed by atoms with E-state index in [1.54, 1.807) is 0 Å². The highest BCUT2D eigenvalue weighted by molar-refractivity contribution is 5.95. The van der Waals surface area contributed by atoms with E-state index >= 15 is 0 Å². The van der Waals surface area contributed by atoms with Gasteiger partial charge in [0.15, 0.2) is 0 Å². The Morgan fingerprint density at radius 1 is 1.48 bits per heavy atom. The van der Waals surface area contributed by atoms with E-state index in [1.165, 1.54) is 6.92 Å². The van der Waals surface area contributed by atoms with Crippen LogP contribution in [0.3, 0.4) is 0 Å². The molecule has 1 aliphatic rings. The van der Waals surface area contributed by atoms with Crippen LogP contribution in [0.5, 0.6) is 0 Å². The lowest BCUT2D eigenvalue weighted by atomic mass is 9.87. The van der Waals surface area contributed by atoms with Crippen LogP contribution in [-0.2, 0) is 0 Å². The molecule has 6 heteroatoms. The molecule has 0 spiro atoms. The third-order valence-corrected chi connectivity index (χ3v) is 4.26. The number of non-ortho nitro benzene ring substituents is 1. The molecule has 1 aromatic rings. The highest BCUT2D eigenvalue weighted by Crippen LogP contribution is 2.37. The monoisotopic (exact) mass is 294 g/mol. The van der Waals surface area contributed by atoms with Crippen molar-refractivity contribution in [3.63, 3.8) is 0 Å². The van der Waals surface area contributed by atoms with Crippen molar-refractivity contribution in [3.8, 4) is 0 Å². The van der Waals surface area contributed by atoms with Crippen molar-refractivity contribution >= 4 is 11.6 Å². The molecule has 0 saturated heterocycles. The van der Waals surface area contributed by atoms with Crippen molar-refractivity contribution in [1.29, 1.82) is 0 Å². The van der Waals surface area contributed by atoms with Crippen molar-refractivity contribution in [1.82, 2.24) is 5.32 Å². The smallest absolute Gasteiger partial charge is 0.270 e. The molecule has 0 aromatic heterocycles. The Morgan fingerprint density at radius 2 is 2.14 bits per heavy atom. The van der Waals surface area contributed by atoms with E-state index in [2.05, 4.69) is 19.2 Å². The van der Waals surface area contributed by atoms with Gasteiger partial charge in [0.1, 0.15) is 5.82 Å². The lowest BCUT2D eigenvalue weighted by Crippen LogP contribution is -2.41. The Labute approximate surface area is 122 Å². The molecule has 21 heavy (non-hydrogen) atoms. The number of benzene rings is 1. The summed E-state index contributed by atoms with van der Waals surface area (Å²) in [5, 5.41) is 13.7. The van der Waals surface area contributed by atoms with Gasteiger partial charge in [-0.15, -0.1) is 0 Å². The number of nitrogens with zero attached hydrogens (tertiary/aromatic N) is 1. The van der Waals surface area contributed by atoms with Gasteiger partial charge in [0.25, 0.3) is 11.6 Å². The van der Waals surface area contributed by atoms with Gasteiger partial charge in [-0.2, -0.15) is 0 Å². The third kappa shape index (κ3) is 3.04. The Balaban J connectivity index is 2.29. The summed E-state index contributed by atoms with van der Waals surface area (Å²) in [6.45, 7) is 5.53. The minimum atomic E-state index is -0.700. The highest BCUT2D eigenvalue weighted by atomic mass is 19.1. The molecule has 5 nitrogen and oxygen atoms in total. The number of hydrogen-bond acceptors (Lipinski definition) is 3. The summed E-state index contributed by atoms with van der Waals surface area (Å²) in [5.41, 5.74) is -0.476. The molecule has 1 atom stereocenters. The van der Waals surface area contributed by atoms with E-state index < -0.39 is 16.6 Å². The lowest BCUT2D eigenvalue weighted by Gasteiger charge is -2.27. The van der Waals surface area contributed by atoms with E-state index in [1.807, 2.05) is 0 Å². The van der Waals surface area contributed by atoms with Crippen molar-refractivity contribution in [2.75, 3.05) is 0 Å². The first kappa shape index (κ1) is 15.4. The number of aryl methyl sites for hydroxylation is 1. The number of nitro benzene ring substituents is 1. The van der Waals surface area contributed by atoms with E-state index in [0.717, 1.165) is 31.4 Å².